The molecule has 0 spiro atoms. The van der Waals surface area contributed by atoms with Crippen LogP contribution in [0.1, 0.15) is 55.2 Å². The topological polar surface area (TPSA) is 186 Å². The van der Waals surface area contributed by atoms with E-state index in [0.717, 1.165) is 21.7 Å². The molecule has 53 heavy (non-hydrogen) atoms. The standard InChI is InChI=1S/C38H50N4O10S/c1-25-33(53-24-40-25)27-7-5-26(6-8-27)22-39-35(45)31-21-29(43)23-42(31)36(46)34(38(2,3)4)41-32(44)13-14-49-15-16-50-17-18-51-19-20-52-30-11-9-28(10-12-30)37(47)48/h5-12,24,29,31,34,43H,13-23H2,1-4H3,(H,39,45)(H,41,44)(H,47,48). The first kappa shape index (κ1) is 41.3. The van der Waals surface area contributed by atoms with Crippen molar-refractivity contribution in [3.8, 4) is 16.2 Å². The molecule has 2 aromatic carbocycles. The summed E-state index contributed by atoms with van der Waals surface area (Å²) in [7, 11) is 0. The molecule has 1 saturated heterocycles. The zero-order valence-electron chi connectivity index (χ0n) is 30.7. The highest BCUT2D eigenvalue weighted by atomic mass is 32.1. The van der Waals surface area contributed by atoms with Crippen LogP contribution in [0.3, 0.4) is 0 Å². The summed E-state index contributed by atoms with van der Waals surface area (Å²) in [6.07, 6.45) is -0.730. The van der Waals surface area contributed by atoms with Crippen LogP contribution in [0.5, 0.6) is 5.75 Å². The number of aliphatic hydroxyl groups is 1. The van der Waals surface area contributed by atoms with Gasteiger partial charge < -0.3 is 44.7 Å². The van der Waals surface area contributed by atoms with Crippen LogP contribution in [0.15, 0.2) is 54.0 Å². The van der Waals surface area contributed by atoms with Crippen LogP contribution in [0.2, 0.25) is 0 Å². The van der Waals surface area contributed by atoms with Crippen molar-refractivity contribution in [2.45, 2.75) is 65.3 Å². The normalized spacial score (nSPS) is 16.3. The van der Waals surface area contributed by atoms with Crippen molar-refractivity contribution in [2.24, 2.45) is 5.41 Å². The predicted molar refractivity (Wildman–Crippen MR) is 198 cm³/mol. The molecular formula is C38H50N4O10S. The smallest absolute Gasteiger partial charge is 0.335 e. The number of likely N-dealkylation sites (tertiary alicyclic amines) is 1. The van der Waals surface area contributed by atoms with E-state index in [-0.39, 0.29) is 56.5 Å². The van der Waals surface area contributed by atoms with Gasteiger partial charge >= 0.3 is 5.97 Å². The fourth-order valence-corrected chi connectivity index (χ4v) is 6.44. The molecule has 4 N–H and O–H groups in total. The third-order valence-electron chi connectivity index (χ3n) is 8.53. The Morgan fingerprint density at radius 3 is 2.13 bits per heavy atom. The van der Waals surface area contributed by atoms with E-state index in [9.17, 15) is 24.3 Å². The lowest BCUT2D eigenvalue weighted by Crippen LogP contribution is -2.57. The van der Waals surface area contributed by atoms with E-state index in [1.54, 1.807) is 23.5 Å². The molecule has 0 bridgehead atoms. The number of carboxylic acid groups (broad SMARTS) is 1. The molecule has 3 aromatic rings. The van der Waals surface area contributed by atoms with E-state index in [0.29, 0.717) is 38.8 Å². The number of carboxylic acids is 1. The van der Waals surface area contributed by atoms with Gasteiger partial charge in [-0.15, -0.1) is 11.3 Å². The molecule has 0 aliphatic carbocycles. The van der Waals surface area contributed by atoms with E-state index < -0.39 is 35.5 Å². The Morgan fingerprint density at radius 2 is 1.55 bits per heavy atom. The number of β-amino-alcohol motifs (C(OH)–C–C–N with tert-alkyl or cyclic N) is 1. The maximum absolute atomic E-state index is 13.8. The molecule has 0 radical (unpaired) electrons. The number of benzene rings is 2. The minimum Gasteiger partial charge on any atom is -0.491 e. The number of amides is 3. The Morgan fingerprint density at radius 1 is 0.925 bits per heavy atom. The molecular weight excluding hydrogens is 705 g/mol. The van der Waals surface area contributed by atoms with Crippen molar-refractivity contribution in [3.05, 3.63) is 70.9 Å². The van der Waals surface area contributed by atoms with E-state index in [4.69, 9.17) is 24.1 Å². The maximum Gasteiger partial charge on any atom is 0.335 e. The van der Waals surface area contributed by atoms with Crippen molar-refractivity contribution < 1.29 is 48.3 Å². The first-order chi connectivity index (χ1) is 25.3. The van der Waals surface area contributed by atoms with Crippen LogP contribution in [0, 0.1) is 12.3 Å². The second kappa shape index (κ2) is 20.2. The molecule has 1 aliphatic heterocycles. The van der Waals surface area contributed by atoms with Crippen molar-refractivity contribution in [3.63, 3.8) is 0 Å². The van der Waals surface area contributed by atoms with Gasteiger partial charge in [0.15, 0.2) is 0 Å². The van der Waals surface area contributed by atoms with Gasteiger partial charge in [0.25, 0.3) is 0 Å². The number of hydrogen-bond acceptors (Lipinski definition) is 11. The summed E-state index contributed by atoms with van der Waals surface area (Å²) in [4.78, 5) is 57.7. The number of thiazole rings is 1. The first-order valence-corrected chi connectivity index (χ1v) is 18.5. The molecule has 3 unspecified atom stereocenters. The van der Waals surface area contributed by atoms with Crippen LogP contribution in [0.4, 0.5) is 0 Å². The number of aromatic nitrogens is 1. The Bertz CT molecular complexity index is 1640. The molecule has 1 aliphatic rings. The average molecular weight is 755 g/mol. The maximum atomic E-state index is 13.8. The summed E-state index contributed by atoms with van der Waals surface area (Å²) in [5.41, 5.74) is 4.23. The van der Waals surface area contributed by atoms with Crippen LogP contribution in [-0.2, 0) is 35.1 Å². The third kappa shape index (κ3) is 12.9. The molecule has 1 fully saturated rings. The fraction of sp³-hybridized carbons (Fsp3) is 0.500. The van der Waals surface area contributed by atoms with Gasteiger partial charge in [-0.2, -0.15) is 0 Å². The van der Waals surface area contributed by atoms with Gasteiger partial charge in [-0.1, -0.05) is 45.0 Å². The Kier molecular flexibility index (Phi) is 15.7. The summed E-state index contributed by atoms with van der Waals surface area (Å²) in [5.74, 6) is -1.60. The van der Waals surface area contributed by atoms with Crippen LogP contribution in [0.25, 0.3) is 10.4 Å². The average Bonchev–Trinajstić information content (AvgIpc) is 3.74. The quantitative estimate of drug-likeness (QED) is 0.124. The summed E-state index contributed by atoms with van der Waals surface area (Å²) < 4.78 is 22.0. The van der Waals surface area contributed by atoms with E-state index in [1.807, 2.05) is 57.5 Å². The number of carbonyl (C=O) groups is 4. The van der Waals surface area contributed by atoms with Crippen molar-refractivity contribution >= 4 is 35.0 Å². The molecule has 3 atom stereocenters. The van der Waals surface area contributed by atoms with Crippen LogP contribution < -0.4 is 15.4 Å². The molecule has 4 rings (SSSR count). The second-order valence-electron chi connectivity index (χ2n) is 13.7. The van der Waals surface area contributed by atoms with Crippen LogP contribution in [-0.4, -0.2) is 115 Å². The zero-order valence-corrected chi connectivity index (χ0v) is 31.5. The number of aromatic carboxylic acids is 1. The number of aliphatic hydroxyl groups excluding tert-OH is 1. The molecule has 1 aromatic heterocycles. The summed E-state index contributed by atoms with van der Waals surface area (Å²) in [5, 5.41) is 25.1. The number of nitrogens with zero attached hydrogens (tertiary/aromatic N) is 2. The summed E-state index contributed by atoms with van der Waals surface area (Å²) in [6, 6.07) is 12.2. The minimum absolute atomic E-state index is 0.00520. The highest BCUT2D eigenvalue weighted by Crippen LogP contribution is 2.28. The lowest BCUT2D eigenvalue weighted by atomic mass is 9.85. The lowest BCUT2D eigenvalue weighted by Gasteiger charge is -2.35. The number of ether oxygens (including phenoxy) is 4. The van der Waals surface area contributed by atoms with Crippen molar-refractivity contribution in [1.82, 2.24) is 20.5 Å². The number of aryl methyl sites for hydroxylation is 1. The summed E-state index contributed by atoms with van der Waals surface area (Å²) in [6.45, 7) is 9.76. The molecule has 15 heteroatoms. The van der Waals surface area contributed by atoms with E-state index in [1.165, 1.54) is 17.0 Å². The van der Waals surface area contributed by atoms with E-state index >= 15 is 0 Å². The zero-order chi connectivity index (χ0) is 38.4. The van der Waals surface area contributed by atoms with Gasteiger partial charge in [-0.25, -0.2) is 9.78 Å². The highest BCUT2D eigenvalue weighted by Gasteiger charge is 2.44. The predicted octanol–water partition coefficient (Wildman–Crippen LogP) is 3.44. The minimum atomic E-state index is -0.996. The lowest BCUT2D eigenvalue weighted by molar-refractivity contribution is -0.144. The van der Waals surface area contributed by atoms with Crippen molar-refractivity contribution in [1.29, 1.82) is 0 Å². The Labute approximate surface area is 313 Å². The number of nitrogens with one attached hydrogen (secondary N) is 2. The van der Waals surface area contributed by atoms with E-state index in [2.05, 4.69) is 15.6 Å². The monoisotopic (exact) mass is 754 g/mol. The largest absolute Gasteiger partial charge is 0.491 e. The Balaban J connectivity index is 1.12. The van der Waals surface area contributed by atoms with Gasteiger partial charge in [-0.05, 0) is 47.7 Å². The molecule has 3 amide bonds. The molecule has 2 heterocycles. The molecule has 0 saturated carbocycles. The molecule has 288 valence electrons. The first-order valence-electron chi connectivity index (χ1n) is 17.6. The van der Waals surface area contributed by atoms with Crippen LogP contribution >= 0.6 is 11.3 Å². The van der Waals surface area contributed by atoms with Gasteiger partial charge in [0.1, 0.15) is 24.4 Å². The Hall–Kier alpha value is -4.41. The van der Waals surface area contributed by atoms with Crippen molar-refractivity contribution in [2.75, 3.05) is 52.8 Å². The third-order valence-corrected chi connectivity index (χ3v) is 9.50. The highest BCUT2D eigenvalue weighted by molar-refractivity contribution is 7.13. The summed E-state index contributed by atoms with van der Waals surface area (Å²) >= 11 is 1.57. The van der Waals surface area contributed by atoms with Gasteiger partial charge in [0, 0.05) is 25.9 Å². The number of rotatable bonds is 20. The van der Waals surface area contributed by atoms with Gasteiger partial charge in [0.05, 0.1) is 67.4 Å². The SMILES string of the molecule is Cc1ncsc1-c1ccc(CNC(=O)C2CC(O)CN2C(=O)C(NC(=O)CCOCCOCCOCCOc2ccc(C(=O)O)cc2)C(C)(C)C)cc1. The molecule has 14 nitrogen and oxygen atoms in total. The number of carbonyl (C=O) groups excluding carboxylic acids is 3. The fourth-order valence-electron chi connectivity index (χ4n) is 5.63. The van der Waals surface area contributed by atoms with Gasteiger partial charge in [0.2, 0.25) is 17.7 Å². The number of hydrogen-bond donors (Lipinski definition) is 4. The van der Waals surface area contributed by atoms with Gasteiger partial charge in [-0.3, -0.25) is 14.4 Å². The second-order valence-corrected chi connectivity index (χ2v) is 14.6.